The molecule has 2 unspecified atom stereocenters. The lowest BCUT2D eigenvalue weighted by atomic mass is 9.96. The molecule has 1 saturated heterocycles. The lowest BCUT2D eigenvalue weighted by Gasteiger charge is -2.36. The molecule has 0 saturated carbocycles. The summed E-state index contributed by atoms with van der Waals surface area (Å²) < 4.78 is 0. The summed E-state index contributed by atoms with van der Waals surface area (Å²) >= 11 is 0. The van der Waals surface area contributed by atoms with Crippen LogP contribution >= 0.6 is 0 Å². The minimum Gasteiger partial charge on any atom is -0.394 e. The second-order valence-electron chi connectivity index (χ2n) is 6.88. The molecular formula is C16H34N2O. The van der Waals surface area contributed by atoms with Crippen LogP contribution in [0.15, 0.2) is 0 Å². The predicted molar refractivity (Wildman–Crippen MR) is 82.5 cm³/mol. The van der Waals surface area contributed by atoms with E-state index in [1.165, 1.54) is 45.2 Å². The minimum atomic E-state index is -0.168. The number of likely N-dealkylation sites (tertiary alicyclic amines) is 1. The number of aliphatic hydroxyl groups excluding tert-OH is 1. The zero-order valence-corrected chi connectivity index (χ0v) is 13.4. The van der Waals surface area contributed by atoms with Crippen molar-refractivity contribution in [1.29, 1.82) is 0 Å². The number of nitrogens with one attached hydrogen (secondary N) is 1. The van der Waals surface area contributed by atoms with Crippen molar-refractivity contribution in [3.63, 3.8) is 0 Å². The summed E-state index contributed by atoms with van der Waals surface area (Å²) in [6.45, 7) is 12.3. The molecule has 0 aromatic carbocycles. The Kier molecular flexibility index (Phi) is 7.33. The molecular weight excluding hydrogens is 236 g/mol. The molecule has 0 amide bonds. The molecule has 2 atom stereocenters. The molecule has 114 valence electrons. The van der Waals surface area contributed by atoms with Crippen molar-refractivity contribution in [2.75, 3.05) is 26.2 Å². The van der Waals surface area contributed by atoms with E-state index < -0.39 is 0 Å². The van der Waals surface area contributed by atoms with Gasteiger partial charge in [-0.15, -0.1) is 0 Å². The first-order valence-electron chi connectivity index (χ1n) is 8.10. The van der Waals surface area contributed by atoms with Crippen LogP contribution in [0.2, 0.25) is 0 Å². The Morgan fingerprint density at radius 3 is 2.63 bits per heavy atom. The Balaban J connectivity index is 2.46. The molecule has 3 heteroatoms. The Morgan fingerprint density at radius 1 is 1.32 bits per heavy atom. The molecule has 0 spiro atoms. The zero-order chi connectivity index (χ0) is 14.3. The fourth-order valence-corrected chi connectivity index (χ4v) is 3.41. The molecule has 2 N–H and O–H groups in total. The number of hydrogen-bond donors (Lipinski definition) is 2. The third-order valence-corrected chi connectivity index (χ3v) is 4.20. The molecule has 1 rings (SSSR count). The predicted octanol–water partition coefficient (Wildman–Crippen LogP) is 2.64. The van der Waals surface area contributed by atoms with E-state index in [0.717, 1.165) is 12.5 Å². The second-order valence-corrected chi connectivity index (χ2v) is 6.88. The van der Waals surface area contributed by atoms with Crippen LogP contribution in [-0.2, 0) is 0 Å². The number of aliphatic hydroxyl groups is 1. The molecule has 0 bridgehead atoms. The van der Waals surface area contributed by atoms with Crippen molar-refractivity contribution in [3.05, 3.63) is 0 Å². The Labute approximate surface area is 119 Å². The highest BCUT2D eigenvalue weighted by Gasteiger charge is 2.28. The number of nitrogens with zero attached hydrogens (tertiary/aromatic N) is 1. The van der Waals surface area contributed by atoms with Gasteiger partial charge in [0.15, 0.2) is 0 Å². The van der Waals surface area contributed by atoms with E-state index in [4.69, 9.17) is 0 Å². The zero-order valence-electron chi connectivity index (χ0n) is 13.4. The van der Waals surface area contributed by atoms with Gasteiger partial charge in [-0.05, 0) is 45.2 Å². The monoisotopic (exact) mass is 270 g/mol. The highest BCUT2D eigenvalue weighted by atomic mass is 16.3. The van der Waals surface area contributed by atoms with Gasteiger partial charge >= 0.3 is 0 Å². The maximum atomic E-state index is 9.68. The van der Waals surface area contributed by atoms with Gasteiger partial charge in [-0.2, -0.15) is 0 Å². The van der Waals surface area contributed by atoms with Crippen molar-refractivity contribution in [2.45, 2.75) is 71.4 Å². The van der Waals surface area contributed by atoms with Gasteiger partial charge in [0, 0.05) is 12.6 Å². The molecule has 1 aliphatic heterocycles. The lowest BCUT2D eigenvalue weighted by Crippen LogP contribution is -2.56. The SMILES string of the molecule is CCCC1CCCN(CC(C)(CO)NC(C)C)CC1. The van der Waals surface area contributed by atoms with Crippen molar-refractivity contribution < 1.29 is 5.11 Å². The van der Waals surface area contributed by atoms with Crippen LogP contribution in [0.1, 0.15) is 59.8 Å². The number of hydrogen-bond acceptors (Lipinski definition) is 3. The Bertz CT molecular complexity index is 245. The van der Waals surface area contributed by atoms with E-state index in [0.29, 0.717) is 6.04 Å². The van der Waals surface area contributed by atoms with Crippen molar-refractivity contribution >= 4 is 0 Å². The van der Waals surface area contributed by atoms with Crippen LogP contribution in [0.4, 0.5) is 0 Å². The van der Waals surface area contributed by atoms with Crippen LogP contribution in [0.3, 0.4) is 0 Å². The quantitative estimate of drug-likeness (QED) is 0.746. The lowest BCUT2D eigenvalue weighted by molar-refractivity contribution is 0.114. The fourth-order valence-electron chi connectivity index (χ4n) is 3.41. The topological polar surface area (TPSA) is 35.5 Å². The van der Waals surface area contributed by atoms with Crippen molar-refractivity contribution in [3.8, 4) is 0 Å². The molecule has 3 nitrogen and oxygen atoms in total. The van der Waals surface area contributed by atoms with Crippen LogP contribution < -0.4 is 5.32 Å². The first-order chi connectivity index (χ1) is 8.99. The normalized spacial score (nSPS) is 25.3. The van der Waals surface area contributed by atoms with E-state index >= 15 is 0 Å². The molecule has 19 heavy (non-hydrogen) atoms. The van der Waals surface area contributed by atoms with E-state index in [9.17, 15) is 5.11 Å². The van der Waals surface area contributed by atoms with Crippen LogP contribution in [0, 0.1) is 5.92 Å². The highest BCUT2D eigenvalue weighted by Crippen LogP contribution is 2.22. The third kappa shape index (κ3) is 6.24. The van der Waals surface area contributed by atoms with Crippen LogP contribution in [-0.4, -0.2) is 47.8 Å². The van der Waals surface area contributed by atoms with Crippen LogP contribution in [0.25, 0.3) is 0 Å². The summed E-state index contributed by atoms with van der Waals surface area (Å²) in [5, 5.41) is 13.2. The summed E-state index contributed by atoms with van der Waals surface area (Å²) in [7, 11) is 0. The van der Waals surface area contributed by atoms with Gasteiger partial charge in [0.2, 0.25) is 0 Å². The average molecular weight is 270 g/mol. The first kappa shape index (κ1) is 16.9. The average Bonchev–Trinajstić information content (AvgIpc) is 2.54. The van der Waals surface area contributed by atoms with Gasteiger partial charge in [0.25, 0.3) is 0 Å². The summed E-state index contributed by atoms with van der Waals surface area (Å²) in [4.78, 5) is 2.54. The fraction of sp³-hybridized carbons (Fsp3) is 1.00. The summed E-state index contributed by atoms with van der Waals surface area (Å²) in [6, 6.07) is 0.414. The molecule has 1 fully saturated rings. The maximum absolute atomic E-state index is 9.68. The van der Waals surface area contributed by atoms with Crippen LogP contribution in [0.5, 0.6) is 0 Å². The molecule has 0 aromatic heterocycles. The first-order valence-corrected chi connectivity index (χ1v) is 8.10. The van der Waals surface area contributed by atoms with Gasteiger partial charge in [-0.1, -0.05) is 33.6 Å². The Morgan fingerprint density at radius 2 is 2.05 bits per heavy atom. The number of rotatable bonds is 7. The highest BCUT2D eigenvalue weighted by molar-refractivity contribution is 4.88. The van der Waals surface area contributed by atoms with Gasteiger partial charge in [-0.25, -0.2) is 0 Å². The summed E-state index contributed by atoms with van der Waals surface area (Å²) in [6.07, 6.45) is 6.73. The van der Waals surface area contributed by atoms with E-state index in [-0.39, 0.29) is 12.1 Å². The maximum Gasteiger partial charge on any atom is 0.0623 e. The molecule has 0 radical (unpaired) electrons. The van der Waals surface area contributed by atoms with Gasteiger partial charge in [-0.3, -0.25) is 0 Å². The van der Waals surface area contributed by atoms with E-state index in [1.54, 1.807) is 0 Å². The second kappa shape index (κ2) is 8.23. The molecule has 1 heterocycles. The van der Waals surface area contributed by atoms with E-state index in [1.807, 2.05) is 0 Å². The van der Waals surface area contributed by atoms with E-state index in [2.05, 4.69) is 37.9 Å². The largest absolute Gasteiger partial charge is 0.394 e. The van der Waals surface area contributed by atoms with Crippen molar-refractivity contribution in [1.82, 2.24) is 10.2 Å². The standard InChI is InChI=1S/C16H34N2O/c1-5-7-15-8-6-10-18(11-9-15)12-16(4,13-19)17-14(2)3/h14-15,17,19H,5-13H2,1-4H3. The summed E-state index contributed by atoms with van der Waals surface area (Å²) in [5.41, 5.74) is -0.168. The molecule has 0 aromatic rings. The minimum absolute atomic E-state index is 0.168. The Hall–Kier alpha value is -0.120. The van der Waals surface area contributed by atoms with Crippen molar-refractivity contribution in [2.24, 2.45) is 5.92 Å². The van der Waals surface area contributed by atoms with Gasteiger partial charge in [0.1, 0.15) is 0 Å². The van der Waals surface area contributed by atoms with Gasteiger partial charge < -0.3 is 15.3 Å². The molecule has 1 aliphatic rings. The smallest absolute Gasteiger partial charge is 0.0623 e. The summed E-state index contributed by atoms with van der Waals surface area (Å²) in [5.74, 6) is 0.924. The molecule has 0 aliphatic carbocycles. The van der Waals surface area contributed by atoms with Gasteiger partial charge in [0.05, 0.1) is 12.1 Å². The third-order valence-electron chi connectivity index (χ3n) is 4.20.